The van der Waals surface area contributed by atoms with Crippen molar-refractivity contribution in [2.75, 3.05) is 0 Å². The number of nitrogens with zero attached hydrogens (tertiary/aromatic N) is 1. The fraction of sp³-hybridized carbons (Fsp3) is 0.286. The van der Waals surface area contributed by atoms with Gasteiger partial charge in [-0.1, -0.05) is 30.1 Å². The van der Waals surface area contributed by atoms with Crippen LogP contribution in [0.3, 0.4) is 0 Å². The van der Waals surface area contributed by atoms with Gasteiger partial charge in [-0.15, -0.1) is 0 Å². The van der Waals surface area contributed by atoms with Crippen molar-refractivity contribution in [3.8, 4) is 0 Å². The molecule has 1 heterocycles. The van der Waals surface area contributed by atoms with E-state index in [4.69, 9.17) is 23.2 Å². The molecule has 0 fully saturated rings. The van der Waals surface area contributed by atoms with Gasteiger partial charge in [-0.2, -0.15) is 0 Å². The van der Waals surface area contributed by atoms with Crippen LogP contribution in [0, 0.1) is 0 Å². The molecule has 11 heavy (non-hydrogen) atoms. The lowest BCUT2D eigenvalue weighted by Gasteiger charge is -2.02. The molecule has 0 saturated carbocycles. The summed E-state index contributed by atoms with van der Waals surface area (Å²) in [6.45, 7) is 2.02. The van der Waals surface area contributed by atoms with Gasteiger partial charge in [0.25, 0.3) is 0 Å². The van der Waals surface area contributed by atoms with Crippen molar-refractivity contribution in [2.24, 2.45) is 0 Å². The summed E-state index contributed by atoms with van der Waals surface area (Å²) in [7, 11) is 0. The Morgan fingerprint density at radius 1 is 1.55 bits per heavy atom. The molecule has 1 aromatic heterocycles. The minimum absolute atomic E-state index is 0.409. The van der Waals surface area contributed by atoms with E-state index in [0.29, 0.717) is 14.6 Å². The third kappa shape index (κ3) is 1.86. The second-order valence-electron chi connectivity index (χ2n) is 2.06. The topological polar surface area (TPSA) is 12.9 Å². The highest BCUT2D eigenvalue weighted by Crippen LogP contribution is 2.31. The van der Waals surface area contributed by atoms with Crippen LogP contribution in [0.1, 0.15) is 12.5 Å². The molecule has 0 spiro atoms. The highest BCUT2D eigenvalue weighted by atomic mass is 79.9. The van der Waals surface area contributed by atoms with Gasteiger partial charge in [0, 0.05) is 6.20 Å². The lowest BCUT2D eigenvalue weighted by atomic mass is 10.2. The first-order valence-corrected chi connectivity index (χ1v) is 4.70. The first kappa shape index (κ1) is 9.30. The molecule has 0 amide bonds. The maximum Gasteiger partial charge on any atom is 0.144 e. The van der Waals surface area contributed by atoms with Gasteiger partial charge in [-0.25, -0.2) is 4.98 Å². The van der Waals surface area contributed by atoms with E-state index in [2.05, 4.69) is 20.9 Å². The van der Waals surface area contributed by atoms with E-state index in [1.54, 1.807) is 6.20 Å². The van der Waals surface area contributed by atoms with Gasteiger partial charge in [0.1, 0.15) is 5.15 Å². The number of halogens is 3. The molecule has 1 aromatic rings. The SMILES string of the molecule is CCc1cnc(Cl)c(Br)c1Cl. The van der Waals surface area contributed by atoms with Crippen LogP contribution >= 0.6 is 39.1 Å². The molecule has 4 heteroatoms. The van der Waals surface area contributed by atoms with Crippen molar-refractivity contribution in [3.05, 3.63) is 26.4 Å². The summed E-state index contributed by atoms with van der Waals surface area (Å²) < 4.78 is 0.681. The standard InChI is InChI=1S/C7H6BrCl2N/c1-2-4-3-11-7(10)5(8)6(4)9/h3H,2H2,1H3. The molecule has 1 nitrogen and oxygen atoms in total. The molecule has 0 aliphatic carbocycles. The smallest absolute Gasteiger partial charge is 0.144 e. The molecule has 0 bridgehead atoms. The molecule has 0 radical (unpaired) electrons. The van der Waals surface area contributed by atoms with Gasteiger partial charge in [0.05, 0.1) is 9.50 Å². The van der Waals surface area contributed by atoms with Gasteiger partial charge in [0.2, 0.25) is 0 Å². The predicted molar refractivity (Wildman–Crippen MR) is 51.3 cm³/mol. The Hall–Kier alpha value is 0.210. The number of pyridine rings is 1. The van der Waals surface area contributed by atoms with Crippen LogP contribution < -0.4 is 0 Å². The third-order valence-corrected chi connectivity index (χ3v) is 3.32. The van der Waals surface area contributed by atoms with Gasteiger partial charge in [-0.3, -0.25) is 0 Å². The minimum atomic E-state index is 0.409. The zero-order valence-corrected chi connectivity index (χ0v) is 8.96. The second kappa shape index (κ2) is 3.74. The van der Waals surface area contributed by atoms with Crippen LogP contribution in [-0.2, 0) is 6.42 Å². The Kier molecular flexibility index (Phi) is 3.16. The van der Waals surface area contributed by atoms with Crippen LogP contribution in [0.15, 0.2) is 10.7 Å². The van der Waals surface area contributed by atoms with Crippen LogP contribution in [-0.4, -0.2) is 4.98 Å². The lowest BCUT2D eigenvalue weighted by molar-refractivity contribution is 1.10. The maximum absolute atomic E-state index is 5.93. The first-order valence-electron chi connectivity index (χ1n) is 3.15. The van der Waals surface area contributed by atoms with E-state index in [-0.39, 0.29) is 0 Å². The molecule has 0 aliphatic rings. The number of rotatable bonds is 1. The molecule has 0 atom stereocenters. The molecule has 0 saturated heterocycles. The van der Waals surface area contributed by atoms with E-state index < -0.39 is 0 Å². The largest absolute Gasteiger partial charge is 0.243 e. The highest BCUT2D eigenvalue weighted by molar-refractivity contribution is 9.10. The number of hydrogen-bond acceptors (Lipinski definition) is 1. The monoisotopic (exact) mass is 253 g/mol. The average Bonchev–Trinajstić information content (AvgIpc) is 2.01. The predicted octanol–water partition coefficient (Wildman–Crippen LogP) is 3.71. The summed E-state index contributed by atoms with van der Waals surface area (Å²) in [6, 6.07) is 0. The number of aryl methyl sites for hydroxylation is 1. The van der Waals surface area contributed by atoms with Gasteiger partial charge >= 0.3 is 0 Å². The molecule has 0 aromatic carbocycles. The Morgan fingerprint density at radius 3 is 2.73 bits per heavy atom. The molecular formula is C7H6BrCl2N. The van der Waals surface area contributed by atoms with Crippen LogP contribution in [0.4, 0.5) is 0 Å². The Labute approximate surface area is 83.9 Å². The molecule has 1 rings (SSSR count). The summed E-state index contributed by atoms with van der Waals surface area (Å²) in [5.74, 6) is 0. The van der Waals surface area contributed by atoms with Crippen LogP contribution in [0.5, 0.6) is 0 Å². The zero-order valence-electron chi connectivity index (χ0n) is 5.87. The van der Waals surface area contributed by atoms with Crippen LogP contribution in [0.2, 0.25) is 10.2 Å². The minimum Gasteiger partial charge on any atom is -0.243 e. The van der Waals surface area contributed by atoms with E-state index >= 15 is 0 Å². The number of aromatic nitrogens is 1. The Morgan fingerprint density at radius 2 is 2.18 bits per heavy atom. The lowest BCUT2D eigenvalue weighted by Crippen LogP contribution is -1.87. The molecular weight excluding hydrogens is 249 g/mol. The van der Waals surface area contributed by atoms with Gasteiger partial charge in [0.15, 0.2) is 0 Å². The van der Waals surface area contributed by atoms with E-state index in [1.165, 1.54) is 0 Å². The summed E-state index contributed by atoms with van der Waals surface area (Å²) >= 11 is 14.9. The zero-order chi connectivity index (χ0) is 8.43. The Bertz CT molecular complexity index is 275. The van der Waals surface area contributed by atoms with Crippen LogP contribution in [0.25, 0.3) is 0 Å². The quantitative estimate of drug-likeness (QED) is 0.697. The van der Waals surface area contributed by atoms with Crippen molar-refractivity contribution >= 4 is 39.1 Å². The van der Waals surface area contributed by atoms with Crippen molar-refractivity contribution in [3.63, 3.8) is 0 Å². The summed E-state index contributed by atoms with van der Waals surface area (Å²) in [4.78, 5) is 3.94. The van der Waals surface area contributed by atoms with E-state index in [9.17, 15) is 0 Å². The normalized spacial score (nSPS) is 10.2. The third-order valence-electron chi connectivity index (χ3n) is 1.37. The molecule has 60 valence electrons. The maximum atomic E-state index is 5.93. The molecule has 0 unspecified atom stereocenters. The van der Waals surface area contributed by atoms with Crippen molar-refractivity contribution in [1.82, 2.24) is 4.98 Å². The van der Waals surface area contributed by atoms with Crippen molar-refractivity contribution in [1.29, 1.82) is 0 Å². The second-order valence-corrected chi connectivity index (χ2v) is 3.58. The van der Waals surface area contributed by atoms with Gasteiger partial charge < -0.3 is 0 Å². The highest BCUT2D eigenvalue weighted by Gasteiger charge is 2.06. The fourth-order valence-corrected chi connectivity index (χ4v) is 1.55. The average molecular weight is 255 g/mol. The number of hydrogen-bond donors (Lipinski definition) is 0. The first-order chi connectivity index (χ1) is 5.16. The van der Waals surface area contributed by atoms with Crippen molar-refractivity contribution in [2.45, 2.75) is 13.3 Å². The fourth-order valence-electron chi connectivity index (χ4n) is 0.726. The molecule has 0 aliphatic heterocycles. The van der Waals surface area contributed by atoms with Crippen molar-refractivity contribution < 1.29 is 0 Å². The summed E-state index contributed by atoms with van der Waals surface area (Å²) in [5, 5.41) is 1.07. The molecule has 0 N–H and O–H groups in total. The van der Waals surface area contributed by atoms with E-state index in [1.807, 2.05) is 6.92 Å². The van der Waals surface area contributed by atoms with Gasteiger partial charge in [-0.05, 0) is 27.9 Å². The Balaban J connectivity index is 3.25. The van der Waals surface area contributed by atoms with E-state index in [0.717, 1.165) is 12.0 Å². The summed E-state index contributed by atoms with van der Waals surface area (Å²) in [6.07, 6.45) is 2.55. The summed E-state index contributed by atoms with van der Waals surface area (Å²) in [5.41, 5.74) is 1.00.